The standard InChI is InChI=1S/C26H28O5/c1-14(2)12-15(3)6-8-18-24-17(10-11-26(4,5)31-24)22(28)21-23(29)19-13-16(27)7-9-20(19)30-25(18)21/h6-7,9,12-13,27-28H,8,10-11H2,1-5H3/b15-6+. The van der Waals surface area contributed by atoms with Gasteiger partial charge in [-0.1, -0.05) is 23.3 Å². The van der Waals surface area contributed by atoms with Crippen molar-refractivity contribution >= 4 is 21.9 Å². The molecule has 3 aromatic rings. The summed E-state index contributed by atoms with van der Waals surface area (Å²) in [5.74, 6) is 0.485. The lowest BCUT2D eigenvalue weighted by molar-refractivity contribution is 0.0827. The molecule has 1 aromatic heterocycles. The zero-order valence-corrected chi connectivity index (χ0v) is 18.6. The first-order valence-electron chi connectivity index (χ1n) is 10.5. The van der Waals surface area contributed by atoms with Gasteiger partial charge in [-0.05, 0) is 72.1 Å². The molecule has 4 rings (SSSR count). The average Bonchev–Trinajstić information content (AvgIpc) is 2.67. The SMILES string of the molecule is CC(C)=C/C(C)=C/Cc1c2c(c(O)c3c(=O)c4cc(O)ccc4oc13)CCC(C)(C)O2. The first-order valence-corrected chi connectivity index (χ1v) is 10.5. The lowest BCUT2D eigenvalue weighted by atomic mass is 9.89. The predicted molar refractivity (Wildman–Crippen MR) is 123 cm³/mol. The summed E-state index contributed by atoms with van der Waals surface area (Å²) in [6.45, 7) is 10.2. The van der Waals surface area contributed by atoms with Crippen LogP contribution in [0, 0.1) is 0 Å². The highest BCUT2D eigenvalue weighted by atomic mass is 16.5. The largest absolute Gasteiger partial charge is 0.508 e. The van der Waals surface area contributed by atoms with Crippen LogP contribution in [0.1, 0.15) is 52.2 Å². The van der Waals surface area contributed by atoms with E-state index in [9.17, 15) is 15.0 Å². The van der Waals surface area contributed by atoms with Crippen LogP contribution in [-0.2, 0) is 12.8 Å². The number of hydrogen-bond donors (Lipinski definition) is 2. The van der Waals surface area contributed by atoms with Crippen molar-refractivity contribution in [3.63, 3.8) is 0 Å². The first-order chi connectivity index (χ1) is 14.6. The van der Waals surface area contributed by atoms with Crippen LogP contribution < -0.4 is 10.2 Å². The molecule has 0 atom stereocenters. The number of benzene rings is 2. The fraction of sp³-hybridized carbons (Fsp3) is 0.346. The summed E-state index contributed by atoms with van der Waals surface area (Å²) in [4.78, 5) is 13.3. The van der Waals surface area contributed by atoms with Gasteiger partial charge in [0, 0.05) is 11.1 Å². The number of aromatic hydroxyl groups is 2. The third-order valence-electron chi connectivity index (χ3n) is 5.72. The zero-order valence-electron chi connectivity index (χ0n) is 18.6. The molecule has 1 aliphatic heterocycles. The zero-order chi connectivity index (χ0) is 22.5. The van der Waals surface area contributed by atoms with Crippen molar-refractivity contribution in [3.8, 4) is 17.2 Å². The molecule has 1 aliphatic rings. The summed E-state index contributed by atoms with van der Waals surface area (Å²) in [6.07, 6.45) is 5.99. The Morgan fingerprint density at radius 3 is 2.65 bits per heavy atom. The molecule has 31 heavy (non-hydrogen) atoms. The lowest BCUT2D eigenvalue weighted by Gasteiger charge is -2.34. The van der Waals surface area contributed by atoms with E-state index >= 15 is 0 Å². The normalized spacial score (nSPS) is 15.6. The molecule has 0 fully saturated rings. The Morgan fingerprint density at radius 2 is 1.94 bits per heavy atom. The molecule has 2 N–H and O–H groups in total. The van der Waals surface area contributed by atoms with Gasteiger partial charge in [0.15, 0.2) is 0 Å². The van der Waals surface area contributed by atoms with Crippen molar-refractivity contribution in [3.05, 3.63) is 62.8 Å². The maximum atomic E-state index is 13.3. The summed E-state index contributed by atoms with van der Waals surface area (Å²) >= 11 is 0. The van der Waals surface area contributed by atoms with E-state index in [0.717, 1.165) is 17.6 Å². The number of hydrogen-bond acceptors (Lipinski definition) is 5. The average molecular weight is 421 g/mol. The van der Waals surface area contributed by atoms with Crippen LogP contribution in [0.25, 0.3) is 21.9 Å². The van der Waals surface area contributed by atoms with Crippen molar-refractivity contribution < 1.29 is 19.4 Å². The molecule has 0 radical (unpaired) electrons. The molecule has 2 heterocycles. The third-order valence-corrected chi connectivity index (χ3v) is 5.72. The Kier molecular flexibility index (Phi) is 5.08. The van der Waals surface area contributed by atoms with E-state index in [0.29, 0.717) is 35.3 Å². The van der Waals surface area contributed by atoms with Crippen molar-refractivity contribution in [2.45, 2.75) is 59.5 Å². The van der Waals surface area contributed by atoms with Crippen LogP contribution in [0.5, 0.6) is 17.2 Å². The molecule has 162 valence electrons. The number of allylic oxidation sites excluding steroid dienone is 4. The quantitative estimate of drug-likeness (QED) is 0.406. The van der Waals surface area contributed by atoms with Gasteiger partial charge in [-0.2, -0.15) is 0 Å². The molecule has 2 aromatic carbocycles. The van der Waals surface area contributed by atoms with Gasteiger partial charge in [0.2, 0.25) is 5.43 Å². The van der Waals surface area contributed by atoms with Crippen molar-refractivity contribution in [1.29, 1.82) is 0 Å². The van der Waals surface area contributed by atoms with Gasteiger partial charge in [0.05, 0.1) is 5.39 Å². The highest BCUT2D eigenvalue weighted by Crippen LogP contribution is 2.46. The van der Waals surface area contributed by atoms with E-state index in [-0.39, 0.29) is 33.3 Å². The molecule has 0 aliphatic carbocycles. The van der Waals surface area contributed by atoms with Gasteiger partial charge < -0.3 is 19.4 Å². The number of phenolic OH excluding ortho intramolecular Hbond substituents is 2. The van der Waals surface area contributed by atoms with Crippen LogP contribution in [0.3, 0.4) is 0 Å². The van der Waals surface area contributed by atoms with E-state index in [1.165, 1.54) is 17.7 Å². The third kappa shape index (κ3) is 3.80. The molecule has 0 unspecified atom stereocenters. The number of phenols is 2. The fourth-order valence-electron chi connectivity index (χ4n) is 4.23. The molecular weight excluding hydrogens is 392 g/mol. The van der Waals surface area contributed by atoms with Gasteiger partial charge in [-0.3, -0.25) is 4.79 Å². The van der Waals surface area contributed by atoms with Gasteiger partial charge in [0.25, 0.3) is 0 Å². The molecule has 0 saturated heterocycles. The van der Waals surface area contributed by atoms with Gasteiger partial charge in [-0.15, -0.1) is 0 Å². The second kappa shape index (κ2) is 7.49. The van der Waals surface area contributed by atoms with Gasteiger partial charge in [0.1, 0.15) is 39.4 Å². The molecule has 0 bridgehead atoms. The highest BCUT2D eigenvalue weighted by molar-refractivity contribution is 5.97. The molecule has 5 heteroatoms. The van der Waals surface area contributed by atoms with Crippen molar-refractivity contribution in [2.75, 3.05) is 0 Å². The van der Waals surface area contributed by atoms with E-state index in [2.05, 4.69) is 12.2 Å². The first kappa shape index (κ1) is 21.0. The molecule has 0 saturated carbocycles. The highest BCUT2D eigenvalue weighted by Gasteiger charge is 2.33. The predicted octanol–water partition coefficient (Wildman–Crippen LogP) is 5.92. The summed E-state index contributed by atoms with van der Waals surface area (Å²) in [6, 6.07) is 4.42. The van der Waals surface area contributed by atoms with E-state index in [1.54, 1.807) is 6.07 Å². The summed E-state index contributed by atoms with van der Waals surface area (Å²) in [7, 11) is 0. The molecule has 0 spiro atoms. The monoisotopic (exact) mass is 420 g/mol. The summed E-state index contributed by atoms with van der Waals surface area (Å²) < 4.78 is 12.5. The molecule has 0 amide bonds. The van der Waals surface area contributed by atoms with Crippen LogP contribution in [-0.4, -0.2) is 15.8 Å². The van der Waals surface area contributed by atoms with E-state index in [4.69, 9.17) is 9.15 Å². The molecular formula is C26H28O5. The Bertz CT molecular complexity index is 1320. The van der Waals surface area contributed by atoms with Crippen LogP contribution in [0.15, 0.2) is 50.7 Å². The van der Waals surface area contributed by atoms with Gasteiger partial charge >= 0.3 is 0 Å². The Balaban J connectivity index is 2.08. The Hall–Kier alpha value is -3.21. The van der Waals surface area contributed by atoms with Crippen LogP contribution in [0.2, 0.25) is 0 Å². The Morgan fingerprint density at radius 1 is 1.19 bits per heavy atom. The van der Waals surface area contributed by atoms with Crippen molar-refractivity contribution in [1.82, 2.24) is 0 Å². The second-order valence-corrected chi connectivity index (χ2v) is 9.19. The lowest BCUT2D eigenvalue weighted by Crippen LogP contribution is -2.33. The topological polar surface area (TPSA) is 79.9 Å². The minimum Gasteiger partial charge on any atom is -0.508 e. The maximum absolute atomic E-state index is 13.3. The Labute approximate surface area is 181 Å². The number of rotatable bonds is 3. The van der Waals surface area contributed by atoms with Crippen LogP contribution >= 0.6 is 0 Å². The van der Waals surface area contributed by atoms with E-state index < -0.39 is 0 Å². The van der Waals surface area contributed by atoms with Gasteiger partial charge in [-0.25, -0.2) is 0 Å². The number of ether oxygens (including phenoxy) is 1. The van der Waals surface area contributed by atoms with E-state index in [1.807, 2.05) is 34.6 Å². The fourth-order valence-corrected chi connectivity index (χ4v) is 4.23. The number of fused-ring (bicyclic) bond motifs is 3. The minimum atomic E-state index is -0.385. The molecule has 5 nitrogen and oxygen atoms in total. The van der Waals surface area contributed by atoms with Crippen molar-refractivity contribution in [2.24, 2.45) is 0 Å². The summed E-state index contributed by atoms with van der Waals surface area (Å²) in [5, 5.41) is 21.3. The second-order valence-electron chi connectivity index (χ2n) is 9.19. The minimum absolute atomic E-state index is 0.0258. The summed E-state index contributed by atoms with van der Waals surface area (Å²) in [5.41, 5.74) is 3.63. The maximum Gasteiger partial charge on any atom is 0.204 e. The van der Waals surface area contributed by atoms with Crippen LogP contribution in [0.4, 0.5) is 0 Å². The smallest absolute Gasteiger partial charge is 0.204 e.